The Balaban J connectivity index is 3.21. The van der Waals surface area contributed by atoms with E-state index >= 15 is 0 Å². The zero-order chi connectivity index (χ0) is 18.3. The van der Waals surface area contributed by atoms with E-state index in [-0.39, 0.29) is 18.1 Å². The Morgan fingerprint density at radius 1 is 1.08 bits per heavy atom. The number of thioether (sulfide) groups is 1. The van der Waals surface area contributed by atoms with Crippen LogP contribution in [0.5, 0.6) is 0 Å². The van der Waals surface area contributed by atoms with E-state index in [4.69, 9.17) is 9.47 Å². The molecule has 0 fully saturated rings. The molecule has 0 atom stereocenters. The first kappa shape index (κ1) is 19.4. The van der Waals surface area contributed by atoms with Gasteiger partial charge in [0.25, 0.3) is 11.4 Å². The van der Waals surface area contributed by atoms with E-state index in [0.29, 0.717) is 11.8 Å². The summed E-state index contributed by atoms with van der Waals surface area (Å²) in [6.45, 7) is 3.10. The quantitative estimate of drug-likeness (QED) is 0.224. The summed E-state index contributed by atoms with van der Waals surface area (Å²) in [6, 6.07) is 2.91. The molecule has 1 aromatic rings. The van der Waals surface area contributed by atoms with Gasteiger partial charge in [0.2, 0.25) is 5.25 Å². The molecular formula is C13H14N2O8S. The van der Waals surface area contributed by atoms with Crippen LogP contribution in [-0.4, -0.2) is 40.2 Å². The molecule has 0 aliphatic rings. The van der Waals surface area contributed by atoms with Crippen molar-refractivity contribution in [2.45, 2.75) is 24.0 Å². The molecule has 0 unspecified atom stereocenters. The highest BCUT2D eigenvalue weighted by molar-refractivity contribution is 8.01. The van der Waals surface area contributed by atoms with Gasteiger partial charge in [-0.15, -0.1) is 0 Å². The van der Waals surface area contributed by atoms with Gasteiger partial charge >= 0.3 is 11.9 Å². The highest BCUT2D eigenvalue weighted by Gasteiger charge is 2.33. The Kier molecular flexibility index (Phi) is 7.11. The number of nitro groups is 2. The first-order chi connectivity index (χ1) is 11.3. The summed E-state index contributed by atoms with van der Waals surface area (Å²) in [5.74, 6) is -1.82. The largest absolute Gasteiger partial charge is 0.465 e. The average Bonchev–Trinajstić information content (AvgIpc) is 2.52. The summed E-state index contributed by atoms with van der Waals surface area (Å²) in [5, 5.41) is 20.4. The normalized spacial score (nSPS) is 10.3. The van der Waals surface area contributed by atoms with Crippen LogP contribution in [0.4, 0.5) is 11.4 Å². The number of hydrogen-bond acceptors (Lipinski definition) is 9. The molecule has 130 valence electrons. The molecule has 0 aliphatic heterocycles. The lowest BCUT2D eigenvalue weighted by molar-refractivity contribution is -0.396. The Bertz CT molecular complexity index is 645. The van der Waals surface area contributed by atoms with Crippen LogP contribution in [0.2, 0.25) is 0 Å². The van der Waals surface area contributed by atoms with Crippen molar-refractivity contribution in [3.63, 3.8) is 0 Å². The third-order valence-corrected chi connectivity index (χ3v) is 3.82. The third kappa shape index (κ3) is 4.91. The Hall–Kier alpha value is -2.69. The van der Waals surface area contributed by atoms with Crippen molar-refractivity contribution >= 4 is 35.1 Å². The van der Waals surface area contributed by atoms with Crippen LogP contribution in [0.25, 0.3) is 0 Å². The highest BCUT2D eigenvalue weighted by Crippen LogP contribution is 2.35. The second kappa shape index (κ2) is 8.82. The molecule has 11 heteroatoms. The SMILES string of the molecule is CCOC(=O)C(Sc1ccc([N+](=O)[O-])cc1[N+](=O)[O-])C(=O)OCC. The van der Waals surface area contributed by atoms with Gasteiger partial charge in [-0.3, -0.25) is 29.8 Å². The number of nitrogens with zero attached hydrogens (tertiary/aromatic N) is 2. The van der Waals surface area contributed by atoms with Gasteiger partial charge in [-0.1, -0.05) is 11.8 Å². The molecule has 0 heterocycles. The minimum Gasteiger partial charge on any atom is -0.465 e. The van der Waals surface area contributed by atoms with E-state index in [9.17, 15) is 29.8 Å². The Morgan fingerprint density at radius 3 is 2.04 bits per heavy atom. The molecule has 1 aromatic carbocycles. The van der Waals surface area contributed by atoms with E-state index in [1.165, 1.54) is 0 Å². The molecule has 0 saturated carbocycles. The summed E-state index contributed by atoms with van der Waals surface area (Å²) >= 11 is 0.547. The second-order valence-electron chi connectivity index (χ2n) is 4.17. The van der Waals surface area contributed by atoms with Crippen molar-refractivity contribution in [2.24, 2.45) is 0 Å². The number of non-ortho nitro benzene ring substituents is 1. The van der Waals surface area contributed by atoms with E-state index < -0.39 is 38.4 Å². The molecule has 0 radical (unpaired) electrons. The predicted octanol–water partition coefficient (Wildman–Crippen LogP) is 2.09. The number of esters is 2. The number of ether oxygens (including phenoxy) is 2. The first-order valence-corrected chi connectivity index (χ1v) is 7.62. The molecule has 10 nitrogen and oxygen atoms in total. The van der Waals surface area contributed by atoms with Gasteiger partial charge < -0.3 is 9.47 Å². The topological polar surface area (TPSA) is 139 Å². The number of nitro benzene ring substituents is 2. The van der Waals surface area contributed by atoms with Gasteiger partial charge in [0, 0.05) is 6.07 Å². The minimum absolute atomic E-state index is 0.0116. The van der Waals surface area contributed by atoms with Gasteiger partial charge in [0.15, 0.2) is 0 Å². The molecule has 0 aromatic heterocycles. The maximum Gasteiger partial charge on any atom is 0.331 e. The van der Waals surface area contributed by atoms with E-state index in [0.717, 1.165) is 18.2 Å². The maximum absolute atomic E-state index is 11.9. The molecule has 0 aliphatic carbocycles. The van der Waals surface area contributed by atoms with Crippen molar-refractivity contribution < 1.29 is 28.9 Å². The molecule has 1 rings (SSSR count). The lowest BCUT2D eigenvalue weighted by Gasteiger charge is -2.13. The molecule has 0 spiro atoms. The van der Waals surface area contributed by atoms with Crippen molar-refractivity contribution in [1.82, 2.24) is 0 Å². The van der Waals surface area contributed by atoms with Crippen LogP contribution >= 0.6 is 11.8 Å². The van der Waals surface area contributed by atoms with Gasteiger partial charge in [0.1, 0.15) is 0 Å². The predicted molar refractivity (Wildman–Crippen MR) is 82.7 cm³/mol. The lowest BCUT2D eigenvalue weighted by atomic mass is 10.3. The van der Waals surface area contributed by atoms with Crippen molar-refractivity contribution in [3.8, 4) is 0 Å². The van der Waals surface area contributed by atoms with Crippen LogP contribution < -0.4 is 0 Å². The Labute approximate surface area is 140 Å². The molecule has 0 N–H and O–H groups in total. The van der Waals surface area contributed by atoms with E-state index in [2.05, 4.69) is 0 Å². The van der Waals surface area contributed by atoms with Crippen LogP contribution in [0.3, 0.4) is 0 Å². The van der Waals surface area contributed by atoms with Gasteiger partial charge in [-0.05, 0) is 19.9 Å². The Morgan fingerprint density at radius 2 is 1.62 bits per heavy atom. The monoisotopic (exact) mass is 358 g/mol. The van der Waals surface area contributed by atoms with Crippen LogP contribution in [0.1, 0.15) is 13.8 Å². The third-order valence-electron chi connectivity index (χ3n) is 2.60. The zero-order valence-electron chi connectivity index (χ0n) is 12.8. The fraction of sp³-hybridized carbons (Fsp3) is 0.385. The number of hydrogen-bond donors (Lipinski definition) is 0. The summed E-state index contributed by atoms with van der Waals surface area (Å²) < 4.78 is 9.53. The zero-order valence-corrected chi connectivity index (χ0v) is 13.6. The van der Waals surface area contributed by atoms with Crippen molar-refractivity contribution in [3.05, 3.63) is 38.4 Å². The van der Waals surface area contributed by atoms with Crippen LogP contribution in [0, 0.1) is 20.2 Å². The van der Waals surface area contributed by atoms with Crippen LogP contribution in [-0.2, 0) is 19.1 Å². The fourth-order valence-electron chi connectivity index (χ4n) is 1.62. The average molecular weight is 358 g/mol. The summed E-state index contributed by atoms with van der Waals surface area (Å²) in [7, 11) is 0. The smallest absolute Gasteiger partial charge is 0.331 e. The summed E-state index contributed by atoms with van der Waals surface area (Å²) in [6.07, 6.45) is 0. The van der Waals surface area contributed by atoms with Gasteiger partial charge in [-0.25, -0.2) is 0 Å². The summed E-state index contributed by atoms with van der Waals surface area (Å²) in [5.41, 5.74) is -1.07. The standard InChI is InChI=1S/C13H14N2O8S/c1-3-22-12(16)11(13(17)23-4-2)24-10-6-5-8(14(18)19)7-9(10)15(20)21/h5-7,11H,3-4H2,1-2H3. The van der Waals surface area contributed by atoms with Gasteiger partial charge in [0.05, 0.1) is 34.0 Å². The minimum atomic E-state index is -1.47. The van der Waals surface area contributed by atoms with Gasteiger partial charge in [-0.2, -0.15) is 0 Å². The van der Waals surface area contributed by atoms with Crippen molar-refractivity contribution in [1.29, 1.82) is 0 Å². The van der Waals surface area contributed by atoms with Crippen LogP contribution in [0.15, 0.2) is 23.1 Å². The fourth-order valence-corrected chi connectivity index (χ4v) is 2.60. The molecular weight excluding hydrogens is 344 g/mol. The number of carbonyl (C=O) groups is 2. The lowest BCUT2D eigenvalue weighted by Crippen LogP contribution is -2.30. The first-order valence-electron chi connectivity index (χ1n) is 6.74. The molecule has 24 heavy (non-hydrogen) atoms. The number of rotatable bonds is 8. The highest BCUT2D eigenvalue weighted by atomic mass is 32.2. The molecule has 0 saturated heterocycles. The number of carbonyl (C=O) groups excluding carboxylic acids is 2. The molecule has 0 bridgehead atoms. The van der Waals surface area contributed by atoms with E-state index in [1.807, 2.05) is 0 Å². The second-order valence-corrected chi connectivity index (χ2v) is 5.32. The summed E-state index contributed by atoms with van der Waals surface area (Å²) in [4.78, 5) is 43.9. The molecule has 0 amide bonds. The number of benzene rings is 1. The van der Waals surface area contributed by atoms with Crippen molar-refractivity contribution in [2.75, 3.05) is 13.2 Å². The van der Waals surface area contributed by atoms with E-state index in [1.54, 1.807) is 13.8 Å². The maximum atomic E-state index is 11.9.